The van der Waals surface area contributed by atoms with Crippen molar-refractivity contribution < 1.29 is 14.3 Å². The molecule has 2 heterocycles. The first-order valence-corrected chi connectivity index (χ1v) is 9.40. The van der Waals surface area contributed by atoms with Gasteiger partial charge in [-0.1, -0.05) is 6.07 Å². The highest BCUT2D eigenvalue weighted by Crippen LogP contribution is 2.34. The summed E-state index contributed by atoms with van der Waals surface area (Å²) in [4.78, 5) is 34.6. The smallest absolute Gasteiger partial charge is 0.258 e. The number of anilines is 1. The van der Waals surface area contributed by atoms with Crippen molar-refractivity contribution in [2.45, 2.75) is 18.8 Å². The van der Waals surface area contributed by atoms with Gasteiger partial charge in [-0.2, -0.15) is 0 Å². The van der Waals surface area contributed by atoms with Gasteiger partial charge in [-0.3, -0.25) is 14.9 Å². The second kappa shape index (κ2) is 7.28. The molecule has 0 fully saturated rings. The van der Waals surface area contributed by atoms with Gasteiger partial charge in [-0.15, -0.1) is 11.3 Å². The van der Waals surface area contributed by atoms with Gasteiger partial charge in [0.15, 0.2) is 5.78 Å². The molecule has 1 atom stereocenters. The second-order valence-corrected chi connectivity index (χ2v) is 7.26. The normalized spacial score (nSPS) is 15.9. The monoisotopic (exact) mass is 379 g/mol. The Kier molecular flexibility index (Phi) is 4.68. The van der Waals surface area contributed by atoms with Crippen molar-refractivity contribution in [3.05, 3.63) is 69.7 Å². The van der Waals surface area contributed by atoms with Crippen LogP contribution in [0.1, 0.15) is 43.6 Å². The van der Waals surface area contributed by atoms with Crippen LogP contribution in [0.2, 0.25) is 0 Å². The lowest BCUT2D eigenvalue weighted by Gasteiger charge is -2.22. The molecule has 136 valence electrons. The number of nitrogens with zero attached hydrogens (tertiary/aromatic N) is 2. The minimum atomic E-state index is -0.311. The van der Waals surface area contributed by atoms with Gasteiger partial charge in [-0.25, -0.2) is 9.97 Å². The van der Waals surface area contributed by atoms with Crippen LogP contribution >= 0.6 is 11.3 Å². The summed E-state index contributed by atoms with van der Waals surface area (Å²) in [6, 6.07) is 10.8. The molecule has 6 nitrogen and oxygen atoms in total. The fraction of sp³-hybridized carbons (Fsp3) is 0.200. The van der Waals surface area contributed by atoms with E-state index >= 15 is 0 Å². The summed E-state index contributed by atoms with van der Waals surface area (Å²) in [6.45, 7) is 0. The lowest BCUT2D eigenvalue weighted by Crippen LogP contribution is -2.22. The maximum Gasteiger partial charge on any atom is 0.258 e. The van der Waals surface area contributed by atoms with E-state index in [-0.39, 0.29) is 23.6 Å². The molecule has 0 saturated carbocycles. The zero-order valence-electron chi connectivity index (χ0n) is 14.6. The third-order valence-electron chi connectivity index (χ3n) is 4.56. The third-order valence-corrected chi connectivity index (χ3v) is 5.60. The van der Waals surface area contributed by atoms with Gasteiger partial charge in [0.2, 0.25) is 5.95 Å². The number of fused-ring (bicyclic) bond motifs is 1. The number of carbonyl (C=O) groups excluding carboxylic acids is 2. The molecule has 4 rings (SSSR count). The van der Waals surface area contributed by atoms with Gasteiger partial charge < -0.3 is 4.74 Å². The largest absolute Gasteiger partial charge is 0.497 e. The standard InChI is InChI=1S/C20H17N3O3S/c1-26-14-6-4-12(5-7-14)19(25)23-20-21-11-15-16(22-20)9-13(10-17(15)24)18-3-2-8-27-18/h2-8,11,13H,9-10H2,1H3,(H,21,22,23,25)/t13-/m1/s1. The van der Waals surface area contributed by atoms with Gasteiger partial charge in [0.1, 0.15) is 5.75 Å². The molecule has 0 aliphatic heterocycles. The van der Waals surface area contributed by atoms with Crippen molar-refractivity contribution >= 4 is 29.0 Å². The Bertz CT molecular complexity index is 984. The first kappa shape index (κ1) is 17.4. The van der Waals surface area contributed by atoms with E-state index in [1.54, 1.807) is 42.7 Å². The number of carbonyl (C=O) groups is 2. The molecular formula is C20H17N3O3S. The van der Waals surface area contributed by atoms with E-state index in [2.05, 4.69) is 15.3 Å². The molecule has 1 amide bonds. The average Bonchev–Trinajstić information content (AvgIpc) is 3.22. The molecule has 0 spiro atoms. The summed E-state index contributed by atoms with van der Waals surface area (Å²) in [5.41, 5.74) is 1.71. The minimum Gasteiger partial charge on any atom is -0.497 e. The van der Waals surface area contributed by atoms with Crippen molar-refractivity contribution in [2.75, 3.05) is 12.4 Å². The van der Waals surface area contributed by atoms with Crippen LogP contribution in [-0.2, 0) is 6.42 Å². The maximum atomic E-state index is 12.4. The summed E-state index contributed by atoms with van der Waals surface area (Å²) in [6.07, 6.45) is 2.64. The Hall–Kier alpha value is -3.06. The number of amides is 1. The first-order valence-electron chi connectivity index (χ1n) is 8.52. The molecule has 27 heavy (non-hydrogen) atoms. The van der Waals surface area contributed by atoms with Crippen molar-refractivity contribution in [1.29, 1.82) is 0 Å². The van der Waals surface area contributed by atoms with Crippen LogP contribution in [-0.4, -0.2) is 28.8 Å². The summed E-state index contributed by atoms with van der Waals surface area (Å²) in [5, 5.41) is 4.71. The number of aromatic nitrogens is 2. The van der Waals surface area contributed by atoms with Crippen LogP contribution < -0.4 is 10.1 Å². The summed E-state index contributed by atoms with van der Waals surface area (Å²) in [5.74, 6) is 0.742. The van der Waals surface area contributed by atoms with Crippen molar-refractivity contribution in [3.63, 3.8) is 0 Å². The number of ether oxygens (including phenoxy) is 1. The summed E-state index contributed by atoms with van der Waals surface area (Å²) >= 11 is 1.65. The predicted octanol–water partition coefficient (Wildman–Crippen LogP) is 3.71. The molecule has 1 aliphatic carbocycles. The Morgan fingerprint density at radius 1 is 1.22 bits per heavy atom. The number of benzene rings is 1. The molecule has 0 bridgehead atoms. The molecule has 2 aromatic heterocycles. The topological polar surface area (TPSA) is 81.2 Å². The SMILES string of the molecule is COc1ccc(C(=O)Nc2ncc3c(n2)C[C@@H](c2cccs2)CC3=O)cc1. The maximum absolute atomic E-state index is 12.4. The molecular weight excluding hydrogens is 362 g/mol. The van der Waals surface area contributed by atoms with Crippen LogP contribution in [0.4, 0.5) is 5.95 Å². The molecule has 1 aromatic carbocycles. The minimum absolute atomic E-state index is 0.0441. The van der Waals surface area contributed by atoms with E-state index in [1.807, 2.05) is 17.5 Å². The molecule has 0 radical (unpaired) electrons. The van der Waals surface area contributed by atoms with Crippen LogP contribution in [0.5, 0.6) is 5.75 Å². The fourth-order valence-corrected chi connectivity index (χ4v) is 3.98. The summed E-state index contributed by atoms with van der Waals surface area (Å²) < 4.78 is 5.09. The van der Waals surface area contributed by atoms with Gasteiger partial charge in [0, 0.05) is 29.0 Å². The number of Topliss-reactive ketones (excluding diaryl/α,β-unsaturated/α-hetero) is 1. The third kappa shape index (κ3) is 3.59. The van der Waals surface area contributed by atoms with E-state index in [4.69, 9.17) is 4.74 Å². The van der Waals surface area contributed by atoms with Gasteiger partial charge in [-0.05, 0) is 42.1 Å². The van der Waals surface area contributed by atoms with Gasteiger partial charge in [0.05, 0.1) is 18.4 Å². The number of methoxy groups -OCH3 is 1. The molecule has 1 aliphatic rings. The Labute approximate surface area is 160 Å². The van der Waals surface area contributed by atoms with Crippen molar-refractivity contribution in [2.24, 2.45) is 0 Å². The van der Waals surface area contributed by atoms with E-state index in [0.717, 1.165) is 0 Å². The van der Waals surface area contributed by atoms with E-state index in [1.165, 1.54) is 11.1 Å². The molecule has 7 heteroatoms. The molecule has 0 unspecified atom stereocenters. The van der Waals surface area contributed by atoms with E-state index in [9.17, 15) is 9.59 Å². The van der Waals surface area contributed by atoms with Gasteiger partial charge in [0.25, 0.3) is 5.91 Å². The number of ketones is 1. The van der Waals surface area contributed by atoms with Crippen LogP contribution in [0.3, 0.4) is 0 Å². The number of thiophene rings is 1. The lowest BCUT2D eigenvalue weighted by molar-refractivity contribution is 0.0963. The fourth-order valence-electron chi connectivity index (χ4n) is 3.15. The van der Waals surface area contributed by atoms with E-state index in [0.29, 0.717) is 35.4 Å². The average molecular weight is 379 g/mol. The number of hydrogen-bond acceptors (Lipinski definition) is 6. The quantitative estimate of drug-likeness (QED) is 0.747. The molecule has 3 aromatic rings. The first-order chi connectivity index (χ1) is 13.1. The molecule has 1 N–H and O–H groups in total. The molecule has 0 saturated heterocycles. The highest BCUT2D eigenvalue weighted by Gasteiger charge is 2.28. The van der Waals surface area contributed by atoms with Crippen LogP contribution in [0.25, 0.3) is 0 Å². The number of rotatable bonds is 4. The van der Waals surface area contributed by atoms with E-state index < -0.39 is 0 Å². The summed E-state index contributed by atoms with van der Waals surface area (Å²) in [7, 11) is 1.57. The Morgan fingerprint density at radius 3 is 2.74 bits per heavy atom. The zero-order valence-corrected chi connectivity index (χ0v) is 15.5. The zero-order chi connectivity index (χ0) is 18.8. The van der Waals surface area contributed by atoms with Crippen LogP contribution in [0.15, 0.2) is 48.0 Å². The Balaban J connectivity index is 1.54. The van der Waals surface area contributed by atoms with Gasteiger partial charge >= 0.3 is 0 Å². The number of nitrogens with one attached hydrogen (secondary N) is 1. The lowest BCUT2D eigenvalue weighted by atomic mass is 9.86. The highest BCUT2D eigenvalue weighted by atomic mass is 32.1. The van der Waals surface area contributed by atoms with Crippen LogP contribution in [0, 0.1) is 0 Å². The number of hydrogen-bond donors (Lipinski definition) is 1. The van der Waals surface area contributed by atoms with Crippen molar-refractivity contribution in [3.8, 4) is 5.75 Å². The predicted molar refractivity (Wildman–Crippen MR) is 103 cm³/mol. The Morgan fingerprint density at radius 2 is 2.04 bits per heavy atom. The van der Waals surface area contributed by atoms with Crippen molar-refractivity contribution in [1.82, 2.24) is 9.97 Å². The highest BCUT2D eigenvalue weighted by molar-refractivity contribution is 7.10. The second-order valence-electron chi connectivity index (χ2n) is 6.28.